The van der Waals surface area contributed by atoms with E-state index in [1.54, 1.807) is 6.33 Å². The van der Waals surface area contributed by atoms with E-state index in [0.717, 1.165) is 56.0 Å². The summed E-state index contributed by atoms with van der Waals surface area (Å²) < 4.78 is 0. The fourth-order valence-electron chi connectivity index (χ4n) is 4.79. The number of aryl methyl sites for hydroxylation is 1. The molecule has 3 heterocycles. The van der Waals surface area contributed by atoms with Gasteiger partial charge in [0.2, 0.25) is 0 Å². The smallest absolute Gasteiger partial charge is 0.139 e. The van der Waals surface area contributed by atoms with Gasteiger partial charge in [-0.15, -0.1) is 0 Å². The lowest BCUT2D eigenvalue weighted by Crippen LogP contribution is -2.53. The van der Waals surface area contributed by atoms with Gasteiger partial charge in [0, 0.05) is 56.4 Å². The summed E-state index contributed by atoms with van der Waals surface area (Å²) in [5.74, 6) is 1.09. The first kappa shape index (κ1) is 18.4. The maximum absolute atomic E-state index is 4.61. The van der Waals surface area contributed by atoms with Gasteiger partial charge < -0.3 is 9.80 Å². The Labute approximate surface area is 173 Å². The van der Waals surface area contributed by atoms with Gasteiger partial charge in [0.05, 0.1) is 5.52 Å². The van der Waals surface area contributed by atoms with Crippen LogP contribution < -0.4 is 9.80 Å². The molecular weight excluding hydrogens is 358 g/mol. The van der Waals surface area contributed by atoms with Crippen molar-refractivity contribution in [3.8, 4) is 0 Å². The highest BCUT2D eigenvalue weighted by molar-refractivity contribution is 5.89. The molecule has 0 N–H and O–H groups in total. The summed E-state index contributed by atoms with van der Waals surface area (Å²) in [7, 11) is 0. The molecule has 0 saturated carbocycles. The molecule has 0 radical (unpaired) electrons. The second-order valence-corrected chi connectivity index (χ2v) is 8.29. The summed E-state index contributed by atoms with van der Waals surface area (Å²) in [5.41, 5.74) is 3.73. The van der Waals surface area contributed by atoms with Gasteiger partial charge in [0.25, 0.3) is 0 Å². The summed E-state index contributed by atoms with van der Waals surface area (Å²) in [4.78, 5) is 16.7. The van der Waals surface area contributed by atoms with Crippen LogP contribution >= 0.6 is 0 Å². The Morgan fingerprint density at radius 1 is 0.759 bits per heavy atom. The predicted molar refractivity (Wildman–Crippen MR) is 120 cm³/mol. The minimum atomic E-state index is 0.709. The lowest BCUT2D eigenvalue weighted by Gasteiger charge is -2.43. The van der Waals surface area contributed by atoms with Crippen LogP contribution in [0.25, 0.3) is 10.9 Å². The molecule has 5 rings (SSSR count). The molecule has 3 aromatic rings. The average molecular weight is 388 g/mol. The third kappa shape index (κ3) is 3.79. The van der Waals surface area contributed by atoms with Crippen molar-refractivity contribution >= 4 is 22.4 Å². The Kier molecular flexibility index (Phi) is 5.06. The molecule has 2 aliphatic rings. The Morgan fingerprint density at radius 3 is 2.24 bits per heavy atom. The third-order valence-electron chi connectivity index (χ3n) is 6.52. The standard InChI is InChI=1S/C24H29N5/c1-19-6-8-20(9-7-19)27-12-10-21(11-13-27)28-14-16-29(17-15-28)24-22-4-2-3-5-23(22)25-18-26-24/h2-9,18,21H,10-17H2,1H3. The highest BCUT2D eigenvalue weighted by Crippen LogP contribution is 2.26. The zero-order valence-electron chi connectivity index (χ0n) is 17.2. The number of piperidine rings is 1. The van der Waals surface area contributed by atoms with Gasteiger partial charge in [0.15, 0.2) is 0 Å². The SMILES string of the molecule is Cc1ccc(N2CCC(N3CCN(c4ncnc5ccccc45)CC3)CC2)cc1. The van der Waals surface area contributed by atoms with Crippen molar-refractivity contribution in [3.63, 3.8) is 0 Å². The van der Waals surface area contributed by atoms with Gasteiger partial charge in [-0.2, -0.15) is 0 Å². The summed E-state index contributed by atoms with van der Waals surface area (Å²) >= 11 is 0. The van der Waals surface area contributed by atoms with E-state index in [4.69, 9.17) is 0 Å². The van der Waals surface area contributed by atoms with Crippen molar-refractivity contribution in [3.05, 3.63) is 60.4 Å². The number of rotatable bonds is 3. The van der Waals surface area contributed by atoms with Crippen molar-refractivity contribution in [1.29, 1.82) is 0 Å². The Balaban J connectivity index is 1.19. The second kappa shape index (κ2) is 7.99. The molecule has 5 heteroatoms. The fourth-order valence-corrected chi connectivity index (χ4v) is 4.79. The quantitative estimate of drug-likeness (QED) is 0.684. The Bertz CT molecular complexity index is 949. The molecule has 0 atom stereocenters. The molecular formula is C24H29N5. The molecule has 0 spiro atoms. The first-order chi connectivity index (χ1) is 14.3. The number of hydrogen-bond acceptors (Lipinski definition) is 5. The van der Waals surface area contributed by atoms with Crippen LogP contribution in [0.4, 0.5) is 11.5 Å². The monoisotopic (exact) mass is 387 g/mol. The van der Waals surface area contributed by atoms with Gasteiger partial charge in [0.1, 0.15) is 12.1 Å². The highest BCUT2D eigenvalue weighted by atomic mass is 15.3. The number of hydrogen-bond donors (Lipinski definition) is 0. The Morgan fingerprint density at radius 2 is 1.48 bits per heavy atom. The maximum Gasteiger partial charge on any atom is 0.139 e. The van der Waals surface area contributed by atoms with Crippen LogP contribution in [-0.2, 0) is 0 Å². The molecule has 0 amide bonds. The number of para-hydroxylation sites is 1. The fraction of sp³-hybridized carbons (Fsp3) is 0.417. The minimum absolute atomic E-state index is 0.709. The minimum Gasteiger partial charge on any atom is -0.371 e. The number of benzene rings is 2. The lowest BCUT2D eigenvalue weighted by molar-refractivity contribution is 0.160. The van der Waals surface area contributed by atoms with Gasteiger partial charge in [-0.25, -0.2) is 9.97 Å². The summed E-state index contributed by atoms with van der Waals surface area (Å²) in [5, 5.41) is 1.16. The van der Waals surface area contributed by atoms with Crippen LogP contribution in [0.3, 0.4) is 0 Å². The van der Waals surface area contributed by atoms with Crippen molar-refractivity contribution in [2.24, 2.45) is 0 Å². The molecule has 5 nitrogen and oxygen atoms in total. The van der Waals surface area contributed by atoms with Crippen LogP contribution in [0.5, 0.6) is 0 Å². The molecule has 2 aromatic carbocycles. The van der Waals surface area contributed by atoms with Crippen molar-refractivity contribution in [1.82, 2.24) is 14.9 Å². The van der Waals surface area contributed by atoms with Gasteiger partial charge >= 0.3 is 0 Å². The van der Waals surface area contributed by atoms with Crippen LogP contribution in [-0.4, -0.2) is 60.2 Å². The van der Waals surface area contributed by atoms with Crippen LogP contribution in [0.15, 0.2) is 54.9 Å². The third-order valence-corrected chi connectivity index (χ3v) is 6.52. The summed E-state index contributed by atoms with van der Waals surface area (Å²) in [6.45, 7) is 8.79. The highest BCUT2D eigenvalue weighted by Gasteiger charge is 2.28. The topological polar surface area (TPSA) is 35.5 Å². The lowest BCUT2D eigenvalue weighted by atomic mass is 10.0. The predicted octanol–water partition coefficient (Wildman–Crippen LogP) is 3.73. The molecule has 2 fully saturated rings. The van der Waals surface area contributed by atoms with Gasteiger partial charge in [-0.05, 0) is 44.0 Å². The molecule has 0 unspecified atom stereocenters. The zero-order valence-corrected chi connectivity index (χ0v) is 17.2. The average Bonchev–Trinajstić information content (AvgIpc) is 2.79. The number of aromatic nitrogens is 2. The summed E-state index contributed by atoms with van der Waals surface area (Å²) in [6.07, 6.45) is 4.21. The van der Waals surface area contributed by atoms with E-state index in [1.165, 1.54) is 24.1 Å². The van der Waals surface area contributed by atoms with E-state index in [1.807, 2.05) is 6.07 Å². The largest absolute Gasteiger partial charge is 0.371 e. The van der Waals surface area contributed by atoms with Crippen LogP contribution in [0.1, 0.15) is 18.4 Å². The van der Waals surface area contributed by atoms with Gasteiger partial charge in [-0.3, -0.25) is 4.90 Å². The van der Waals surface area contributed by atoms with Gasteiger partial charge in [-0.1, -0.05) is 29.8 Å². The number of nitrogens with zero attached hydrogens (tertiary/aromatic N) is 5. The molecule has 0 bridgehead atoms. The van der Waals surface area contributed by atoms with E-state index in [9.17, 15) is 0 Å². The van der Waals surface area contributed by atoms with Crippen LogP contribution in [0.2, 0.25) is 0 Å². The molecule has 0 aliphatic carbocycles. The molecule has 1 aromatic heterocycles. The summed E-state index contributed by atoms with van der Waals surface area (Å²) in [6, 6.07) is 18.0. The first-order valence-corrected chi connectivity index (χ1v) is 10.8. The van der Waals surface area contributed by atoms with Crippen LogP contribution in [0, 0.1) is 6.92 Å². The van der Waals surface area contributed by atoms with Crippen molar-refractivity contribution in [2.45, 2.75) is 25.8 Å². The number of piperazine rings is 1. The zero-order chi connectivity index (χ0) is 19.6. The van der Waals surface area contributed by atoms with E-state index in [0.29, 0.717) is 6.04 Å². The van der Waals surface area contributed by atoms with E-state index in [2.05, 4.69) is 74.1 Å². The number of anilines is 2. The Hall–Kier alpha value is -2.66. The van der Waals surface area contributed by atoms with E-state index < -0.39 is 0 Å². The second-order valence-electron chi connectivity index (χ2n) is 8.29. The molecule has 150 valence electrons. The molecule has 29 heavy (non-hydrogen) atoms. The van der Waals surface area contributed by atoms with Crippen molar-refractivity contribution < 1.29 is 0 Å². The maximum atomic E-state index is 4.61. The normalized spacial score (nSPS) is 19.1. The number of fused-ring (bicyclic) bond motifs is 1. The molecule has 2 aliphatic heterocycles. The first-order valence-electron chi connectivity index (χ1n) is 10.8. The molecule has 2 saturated heterocycles. The van der Waals surface area contributed by atoms with E-state index in [-0.39, 0.29) is 0 Å². The van der Waals surface area contributed by atoms with Crippen molar-refractivity contribution in [2.75, 3.05) is 49.1 Å². The van der Waals surface area contributed by atoms with E-state index >= 15 is 0 Å².